The van der Waals surface area contributed by atoms with Gasteiger partial charge in [0, 0.05) is 48.4 Å². The summed E-state index contributed by atoms with van der Waals surface area (Å²) in [5.74, 6) is 1.82. The van der Waals surface area contributed by atoms with E-state index in [0.717, 1.165) is 70.5 Å². The van der Waals surface area contributed by atoms with Crippen molar-refractivity contribution in [3.05, 3.63) is 60.6 Å². The lowest BCUT2D eigenvalue weighted by Crippen LogP contribution is -2.39. The highest BCUT2D eigenvalue weighted by Gasteiger charge is 2.22. The Labute approximate surface area is 248 Å². The van der Waals surface area contributed by atoms with Crippen LogP contribution in [0.3, 0.4) is 0 Å². The van der Waals surface area contributed by atoms with Crippen LogP contribution in [-0.2, 0) is 0 Å². The summed E-state index contributed by atoms with van der Waals surface area (Å²) in [4.78, 5) is 16.7. The fourth-order valence-electron chi connectivity index (χ4n) is 4.83. The molecule has 4 heterocycles. The van der Waals surface area contributed by atoms with Gasteiger partial charge in [0.15, 0.2) is 0 Å². The summed E-state index contributed by atoms with van der Waals surface area (Å²) < 4.78 is 12.3. The van der Waals surface area contributed by atoms with E-state index >= 15 is 0 Å². The van der Waals surface area contributed by atoms with Gasteiger partial charge in [-0.3, -0.25) is 4.98 Å². The minimum Gasteiger partial charge on any atom is -0.495 e. The normalized spacial score (nSPS) is 15.3. The van der Waals surface area contributed by atoms with Gasteiger partial charge >= 0.3 is 0 Å². The van der Waals surface area contributed by atoms with Gasteiger partial charge in [-0.2, -0.15) is 5.26 Å². The zero-order chi connectivity index (χ0) is 28.6. The maximum absolute atomic E-state index is 10.0. The fraction of sp³-hybridized carbons (Fsp3) is 0.333. The molecule has 0 amide bonds. The van der Waals surface area contributed by atoms with Gasteiger partial charge in [0.1, 0.15) is 17.6 Å². The van der Waals surface area contributed by atoms with Crippen molar-refractivity contribution in [3.8, 4) is 39.3 Å². The Hall–Kier alpha value is -3.69. The van der Waals surface area contributed by atoms with E-state index in [1.54, 1.807) is 25.7 Å². The molecule has 212 valence electrons. The molecule has 4 aromatic rings. The zero-order valence-corrected chi connectivity index (χ0v) is 24.7. The van der Waals surface area contributed by atoms with Gasteiger partial charge in [0.25, 0.3) is 0 Å². The first-order valence-corrected chi connectivity index (χ1v) is 15.5. The lowest BCUT2D eigenvalue weighted by atomic mass is 10.0. The van der Waals surface area contributed by atoms with Crippen molar-refractivity contribution >= 4 is 34.7 Å². The smallest absolute Gasteiger partial charge is 0.227 e. The lowest BCUT2D eigenvalue weighted by Gasteiger charge is -2.29. The van der Waals surface area contributed by atoms with Gasteiger partial charge in [0.05, 0.1) is 46.4 Å². The predicted octanol–water partition coefficient (Wildman–Crippen LogP) is 5.84. The number of ether oxygens (including phenoxy) is 2. The molecule has 2 N–H and O–H groups in total. The Kier molecular flexibility index (Phi) is 9.69. The van der Waals surface area contributed by atoms with Crippen LogP contribution in [0.2, 0.25) is 0 Å². The molecule has 0 aliphatic carbocycles. The van der Waals surface area contributed by atoms with E-state index in [4.69, 9.17) is 14.5 Å². The number of aliphatic hydroxyl groups excluding tert-OH is 1. The van der Waals surface area contributed by atoms with E-state index in [0.29, 0.717) is 29.6 Å². The number of aliphatic hydroxyl groups is 1. The SMILES string of the molecule is COc1cncc(-c2c(-c3ccnc(Nc4cccc(OCCCN5CCCC(O)C5)c4)n3)sc(SC)c2C#N)c1. The highest BCUT2D eigenvalue weighted by molar-refractivity contribution is 8.00. The Morgan fingerprint density at radius 3 is 2.95 bits per heavy atom. The van der Waals surface area contributed by atoms with Gasteiger partial charge < -0.3 is 24.8 Å². The van der Waals surface area contributed by atoms with Crippen molar-refractivity contribution in [1.82, 2.24) is 19.9 Å². The van der Waals surface area contributed by atoms with Crippen molar-refractivity contribution in [2.45, 2.75) is 29.6 Å². The molecule has 1 unspecified atom stereocenters. The number of β-amino-alcohol motifs (C(OH)–C–C–N with tert-alkyl or cyclic N) is 1. The number of methoxy groups -OCH3 is 1. The second-order valence-electron chi connectivity index (χ2n) is 9.62. The summed E-state index contributed by atoms with van der Waals surface area (Å²) in [5, 5.41) is 23.2. The van der Waals surface area contributed by atoms with Crippen molar-refractivity contribution in [2.24, 2.45) is 0 Å². The summed E-state index contributed by atoms with van der Waals surface area (Å²) in [6.45, 7) is 3.30. The number of rotatable bonds is 11. The molecule has 5 rings (SSSR count). The van der Waals surface area contributed by atoms with Crippen LogP contribution in [0.15, 0.2) is 59.2 Å². The molecule has 1 fully saturated rings. The maximum Gasteiger partial charge on any atom is 0.227 e. The van der Waals surface area contributed by atoms with Gasteiger partial charge in [-0.05, 0) is 56.3 Å². The van der Waals surface area contributed by atoms with Crippen LogP contribution < -0.4 is 14.8 Å². The Balaban J connectivity index is 1.31. The lowest BCUT2D eigenvalue weighted by molar-refractivity contribution is 0.0679. The second-order valence-corrected chi connectivity index (χ2v) is 11.7. The van der Waals surface area contributed by atoms with E-state index < -0.39 is 0 Å². The molecule has 1 saturated heterocycles. The summed E-state index contributed by atoms with van der Waals surface area (Å²) in [6.07, 6.45) is 9.67. The molecule has 0 spiro atoms. The molecule has 3 aromatic heterocycles. The molecular weight excluding hydrogens is 557 g/mol. The zero-order valence-electron chi connectivity index (χ0n) is 23.0. The number of thiophene rings is 1. The number of hydrogen-bond donors (Lipinski definition) is 2. The minimum absolute atomic E-state index is 0.209. The molecule has 0 radical (unpaired) electrons. The second kappa shape index (κ2) is 13.8. The Morgan fingerprint density at radius 2 is 2.15 bits per heavy atom. The average Bonchev–Trinajstić information content (AvgIpc) is 3.39. The maximum atomic E-state index is 10.0. The van der Waals surface area contributed by atoms with Crippen molar-refractivity contribution in [3.63, 3.8) is 0 Å². The van der Waals surface area contributed by atoms with Crippen LogP contribution in [0.1, 0.15) is 24.8 Å². The van der Waals surface area contributed by atoms with Crippen LogP contribution in [0.4, 0.5) is 11.6 Å². The van der Waals surface area contributed by atoms with Crippen LogP contribution >= 0.6 is 23.1 Å². The molecule has 1 atom stereocenters. The van der Waals surface area contributed by atoms with Crippen LogP contribution in [0.25, 0.3) is 21.7 Å². The Bertz CT molecular complexity index is 1520. The predicted molar refractivity (Wildman–Crippen MR) is 163 cm³/mol. The summed E-state index contributed by atoms with van der Waals surface area (Å²) in [7, 11) is 1.60. The topological polar surface area (TPSA) is 116 Å². The van der Waals surface area contributed by atoms with Gasteiger partial charge in [-0.25, -0.2) is 9.97 Å². The summed E-state index contributed by atoms with van der Waals surface area (Å²) >= 11 is 3.06. The number of nitrogens with zero attached hydrogens (tertiary/aromatic N) is 5. The molecule has 1 aromatic carbocycles. The van der Waals surface area contributed by atoms with Gasteiger partial charge in [-0.15, -0.1) is 23.1 Å². The molecule has 1 aliphatic rings. The van der Waals surface area contributed by atoms with Gasteiger partial charge in [-0.1, -0.05) is 6.07 Å². The number of nitriles is 1. The number of nitrogens with one attached hydrogen (secondary N) is 1. The number of likely N-dealkylation sites (tertiary alicyclic amines) is 1. The first-order chi connectivity index (χ1) is 20.1. The van der Waals surface area contributed by atoms with Gasteiger partial charge in [0.2, 0.25) is 5.95 Å². The number of benzene rings is 1. The molecule has 41 heavy (non-hydrogen) atoms. The Morgan fingerprint density at radius 1 is 1.24 bits per heavy atom. The quantitative estimate of drug-likeness (QED) is 0.164. The molecule has 0 saturated carbocycles. The first kappa shape index (κ1) is 28.8. The van der Waals surface area contributed by atoms with E-state index in [9.17, 15) is 10.4 Å². The monoisotopic (exact) mass is 588 g/mol. The largest absolute Gasteiger partial charge is 0.495 e. The molecule has 1 aliphatic heterocycles. The molecular formula is C30H32N6O3S2. The van der Waals surface area contributed by atoms with Crippen molar-refractivity contribution in [1.29, 1.82) is 5.26 Å². The average molecular weight is 589 g/mol. The number of pyridine rings is 1. The van der Waals surface area contributed by atoms with Crippen LogP contribution in [0, 0.1) is 11.3 Å². The van der Waals surface area contributed by atoms with Crippen LogP contribution in [-0.4, -0.2) is 70.7 Å². The number of thioether (sulfide) groups is 1. The van der Waals surface area contributed by atoms with Crippen molar-refractivity contribution < 1.29 is 14.6 Å². The molecule has 11 heteroatoms. The third-order valence-electron chi connectivity index (χ3n) is 6.76. The first-order valence-electron chi connectivity index (χ1n) is 13.4. The van der Waals surface area contributed by atoms with E-state index in [-0.39, 0.29) is 6.10 Å². The number of piperidine rings is 1. The van der Waals surface area contributed by atoms with E-state index in [2.05, 4.69) is 26.3 Å². The third-order valence-corrected chi connectivity index (χ3v) is 9.09. The van der Waals surface area contributed by atoms with E-state index in [1.165, 1.54) is 23.1 Å². The number of aromatic nitrogens is 3. The minimum atomic E-state index is -0.209. The molecule has 0 bridgehead atoms. The van der Waals surface area contributed by atoms with E-state index in [1.807, 2.05) is 42.7 Å². The van der Waals surface area contributed by atoms with Crippen LogP contribution in [0.5, 0.6) is 11.5 Å². The third kappa shape index (κ3) is 7.15. The molecule has 9 nitrogen and oxygen atoms in total. The summed E-state index contributed by atoms with van der Waals surface area (Å²) in [5.41, 5.74) is 3.69. The van der Waals surface area contributed by atoms with Crippen molar-refractivity contribution in [2.75, 3.05) is 44.9 Å². The highest BCUT2D eigenvalue weighted by Crippen LogP contribution is 2.46. The number of hydrogen-bond acceptors (Lipinski definition) is 11. The summed E-state index contributed by atoms with van der Waals surface area (Å²) in [6, 6.07) is 13.8. The fourth-order valence-corrected chi connectivity index (χ4v) is 6.74. The number of anilines is 2. The standard InChI is InChI=1S/C30H32N6O3S2/c1-38-24-14-20(17-32-18-24)27-25(16-31)29(40-2)41-28(27)26-9-10-33-30(35-26)34-21-6-3-8-23(15-21)39-13-5-12-36-11-4-7-22(37)19-36/h3,6,8-10,14-15,17-18,22,37H,4-5,7,11-13,19H2,1-2H3,(H,33,34,35). The highest BCUT2D eigenvalue weighted by atomic mass is 32.2.